The average molecular weight is 333 g/mol. The van der Waals surface area contributed by atoms with Crippen molar-refractivity contribution in [1.82, 2.24) is 0 Å². The molecule has 2 rings (SSSR count). The zero-order valence-electron chi connectivity index (χ0n) is 13.3. The van der Waals surface area contributed by atoms with E-state index in [9.17, 15) is 0 Å². The van der Waals surface area contributed by atoms with Gasteiger partial charge in [0.15, 0.2) is 0 Å². The summed E-state index contributed by atoms with van der Waals surface area (Å²) in [5.74, 6) is 0.553. The van der Waals surface area contributed by atoms with Crippen molar-refractivity contribution in [1.29, 1.82) is 0 Å². The van der Waals surface area contributed by atoms with Gasteiger partial charge in [0.1, 0.15) is 0 Å². The van der Waals surface area contributed by atoms with Gasteiger partial charge in [-0.2, -0.15) is 17.6 Å². The Morgan fingerprint density at radius 3 is 2.50 bits per heavy atom. The first-order valence-corrected chi connectivity index (χ1v) is 8.18. The predicted molar refractivity (Wildman–Crippen MR) is 99.0 cm³/mol. The maximum absolute atomic E-state index is 6.08. The van der Waals surface area contributed by atoms with Crippen LogP contribution in [0.2, 0.25) is 0 Å². The van der Waals surface area contributed by atoms with Gasteiger partial charge in [0.2, 0.25) is 0 Å². The predicted octanol–water partition coefficient (Wildman–Crippen LogP) is 4.37. The second-order valence-corrected chi connectivity index (χ2v) is 6.76. The van der Waals surface area contributed by atoms with Crippen LogP contribution in [0.5, 0.6) is 0 Å². The second kappa shape index (κ2) is 6.69. The van der Waals surface area contributed by atoms with Crippen molar-refractivity contribution >= 4 is 48.9 Å². The van der Waals surface area contributed by atoms with E-state index >= 15 is 0 Å². The van der Waals surface area contributed by atoms with Crippen LogP contribution in [0.1, 0.15) is 33.3 Å². The third-order valence-electron chi connectivity index (χ3n) is 4.14. The van der Waals surface area contributed by atoms with Gasteiger partial charge in [0.25, 0.3) is 0 Å². The Morgan fingerprint density at radius 2 is 1.95 bits per heavy atom. The summed E-state index contributed by atoms with van der Waals surface area (Å²) in [5, 5.41) is 2.38. The molecule has 1 fully saturated rings. The lowest BCUT2D eigenvalue weighted by atomic mass is 9.78. The standard InChI is InChI=1S/C16H20BNO2S2/c1-15(2)16(3,4)20-17(19-15)13(10-21)8-12-6-5-7-14(9-12)18-11-22/h5-9,21H,10H2,1-4H3. The molecular formula is C16H20BNO2S2. The number of benzene rings is 1. The first-order chi connectivity index (χ1) is 10.3. The molecule has 1 heterocycles. The van der Waals surface area contributed by atoms with E-state index < -0.39 is 0 Å². The first kappa shape index (κ1) is 17.4. The van der Waals surface area contributed by atoms with Gasteiger partial charge >= 0.3 is 7.12 Å². The zero-order chi connectivity index (χ0) is 16.4. The van der Waals surface area contributed by atoms with E-state index in [0.717, 1.165) is 16.7 Å². The van der Waals surface area contributed by atoms with Crippen molar-refractivity contribution in [3.05, 3.63) is 35.3 Å². The number of thiol groups is 1. The quantitative estimate of drug-likeness (QED) is 0.384. The summed E-state index contributed by atoms with van der Waals surface area (Å²) in [4.78, 5) is 4.00. The molecule has 1 aromatic carbocycles. The zero-order valence-corrected chi connectivity index (χ0v) is 15.0. The minimum Gasteiger partial charge on any atom is -0.400 e. The van der Waals surface area contributed by atoms with Gasteiger partial charge in [-0.3, -0.25) is 0 Å². The third kappa shape index (κ3) is 3.70. The van der Waals surface area contributed by atoms with Gasteiger partial charge in [-0.1, -0.05) is 18.2 Å². The molecule has 0 atom stereocenters. The van der Waals surface area contributed by atoms with Gasteiger partial charge < -0.3 is 9.31 Å². The van der Waals surface area contributed by atoms with Crippen molar-refractivity contribution in [3.8, 4) is 0 Å². The van der Waals surface area contributed by atoms with Crippen LogP contribution in [0.25, 0.3) is 6.08 Å². The molecule has 0 amide bonds. The van der Waals surface area contributed by atoms with Crippen LogP contribution in [-0.2, 0) is 9.31 Å². The summed E-state index contributed by atoms with van der Waals surface area (Å²) < 4.78 is 12.2. The lowest BCUT2D eigenvalue weighted by molar-refractivity contribution is 0.00578. The van der Waals surface area contributed by atoms with Gasteiger partial charge in [0.05, 0.1) is 22.1 Å². The molecule has 0 aromatic heterocycles. The summed E-state index contributed by atoms with van der Waals surface area (Å²) >= 11 is 9.06. The van der Waals surface area contributed by atoms with Gasteiger partial charge in [0, 0.05) is 5.75 Å². The van der Waals surface area contributed by atoms with E-state index in [1.54, 1.807) is 0 Å². The summed E-state index contributed by atoms with van der Waals surface area (Å²) in [7, 11) is -0.389. The van der Waals surface area contributed by atoms with Crippen LogP contribution >= 0.6 is 24.8 Å². The molecule has 3 nitrogen and oxygen atoms in total. The number of hydrogen-bond donors (Lipinski definition) is 1. The van der Waals surface area contributed by atoms with Crippen molar-refractivity contribution in [2.45, 2.75) is 38.9 Å². The van der Waals surface area contributed by atoms with Crippen LogP contribution < -0.4 is 0 Å². The highest BCUT2D eigenvalue weighted by molar-refractivity contribution is 7.80. The number of aliphatic imine (C=N–C) groups is 1. The molecule has 0 unspecified atom stereocenters. The summed E-state index contributed by atoms with van der Waals surface area (Å²) in [5.41, 5.74) is 2.04. The molecule has 1 aliphatic heterocycles. The Labute approximate surface area is 143 Å². The van der Waals surface area contributed by atoms with Crippen molar-refractivity contribution < 1.29 is 9.31 Å². The molecule has 1 aliphatic rings. The first-order valence-electron chi connectivity index (χ1n) is 7.14. The molecule has 0 radical (unpaired) electrons. The Balaban J connectivity index is 2.29. The lowest BCUT2D eigenvalue weighted by Gasteiger charge is -2.32. The minimum absolute atomic E-state index is 0.358. The van der Waals surface area contributed by atoms with E-state index in [2.05, 4.69) is 35.0 Å². The minimum atomic E-state index is -0.389. The molecule has 116 valence electrons. The van der Waals surface area contributed by atoms with Crippen LogP contribution in [0.15, 0.2) is 34.7 Å². The Morgan fingerprint density at radius 1 is 1.32 bits per heavy atom. The van der Waals surface area contributed by atoms with Gasteiger partial charge in [-0.05, 0) is 63.1 Å². The molecule has 22 heavy (non-hydrogen) atoms. The number of rotatable bonds is 4. The maximum Gasteiger partial charge on any atom is 0.491 e. The topological polar surface area (TPSA) is 30.8 Å². The highest BCUT2D eigenvalue weighted by atomic mass is 32.1. The Hall–Kier alpha value is -0.905. The van der Waals surface area contributed by atoms with Crippen LogP contribution in [0.4, 0.5) is 5.69 Å². The molecule has 0 N–H and O–H groups in total. The maximum atomic E-state index is 6.08. The van der Waals surface area contributed by atoms with Crippen LogP contribution in [0.3, 0.4) is 0 Å². The molecule has 0 aliphatic carbocycles. The van der Waals surface area contributed by atoms with Crippen molar-refractivity contribution in [2.75, 3.05) is 5.75 Å². The second-order valence-electron chi connectivity index (χ2n) is 6.26. The fourth-order valence-electron chi connectivity index (χ4n) is 2.13. The van der Waals surface area contributed by atoms with Gasteiger partial charge in [-0.25, -0.2) is 0 Å². The van der Waals surface area contributed by atoms with Gasteiger partial charge in [-0.15, -0.1) is 0 Å². The molecule has 1 aromatic rings. The fourth-order valence-corrected chi connectivity index (χ4v) is 2.48. The smallest absolute Gasteiger partial charge is 0.400 e. The molecule has 0 bridgehead atoms. The largest absolute Gasteiger partial charge is 0.491 e. The van der Waals surface area contributed by atoms with E-state index in [4.69, 9.17) is 9.31 Å². The average Bonchev–Trinajstić information content (AvgIpc) is 2.65. The molecular weight excluding hydrogens is 313 g/mol. The molecule has 6 heteroatoms. The van der Waals surface area contributed by atoms with E-state index in [-0.39, 0.29) is 18.3 Å². The summed E-state index contributed by atoms with van der Waals surface area (Å²) in [6.07, 6.45) is 2.03. The summed E-state index contributed by atoms with van der Waals surface area (Å²) in [6, 6.07) is 7.74. The van der Waals surface area contributed by atoms with Crippen molar-refractivity contribution in [2.24, 2.45) is 4.99 Å². The highest BCUT2D eigenvalue weighted by Crippen LogP contribution is 2.39. The van der Waals surface area contributed by atoms with Crippen LogP contribution in [0, 0.1) is 0 Å². The van der Waals surface area contributed by atoms with E-state index in [1.807, 2.05) is 58.0 Å². The Bertz CT molecular complexity index is 621. The lowest BCUT2D eigenvalue weighted by Crippen LogP contribution is -2.41. The number of nitrogens with zero attached hydrogens (tertiary/aromatic N) is 1. The van der Waals surface area contributed by atoms with E-state index in [0.29, 0.717) is 5.75 Å². The number of thiocarbonyl (C=S) groups is 1. The fraction of sp³-hybridized carbons (Fsp3) is 0.438. The molecule has 0 saturated carbocycles. The van der Waals surface area contributed by atoms with Crippen molar-refractivity contribution in [3.63, 3.8) is 0 Å². The summed E-state index contributed by atoms with van der Waals surface area (Å²) in [6.45, 7) is 8.16. The van der Waals surface area contributed by atoms with Crippen LogP contribution in [-0.4, -0.2) is 29.2 Å². The Kier molecular flexibility index (Phi) is 5.31. The molecule has 1 saturated heterocycles. The monoisotopic (exact) mass is 333 g/mol. The highest BCUT2D eigenvalue weighted by Gasteiger charge is 2.52. The molecule has 0 spiro atoms. The SMILES string of the molecule is CC1(C)OB(C(=Cc2cccc(N=C=S)c2)CS)OC1(C)C. The number of isothiocyanates is 1. The number of hydrogen-bond acceptors (Lipinski definition) is 5. The third-order valence-corrected chi connectivity index (χ3v) is 4.59. The van der Waals surface area contributed by atoms with E-state index in [1.165, 1.54) is 0 Å². The normalized spacial score (nSPS) is 19.9.